The summed E-state index contributed by atoms with van der Waals surface area (Å²) in [5.74, 6) is 0.411. The average molecular weight is 428 g/mol. The van der Waals surface area contributed by atoms with Crippen molar-refractivity contribution in [3.63, 3.8) is 0 Å². The molecule has 1 N–H and O–H groups in total. The van der Waals surface area contributed by atoms with Gasteiger partial charge in [0.05, 0.1) is 21.6 Å². The van der Waals surface area contributed by atoms with E-state index in [1.54, 1.807) is 6.07 Å². The van der Waals surface area contributed by atoms with Crippen molar-refractivity contribution in [2.75, 3.05) is 31.5 Å². The summed E-state index contributed by atoms with van der Waals surface area (Å²) in [6, 6.07) is 4.25. The minimum atomic E-state index is -3.57. The molecule has 0 radical (unpaired) electrons. The van der Waals surface area contributed by atoms with Crippen molar-refractivity contribution >= 4 is 33.2 Å². The van der Waals surface area contributed by atoms with Gasteiger partial charge in [-0.2, -0.15) is 4.31 Å². The van der Waals surface area contributed by atoms with Crippen molar-refractivity contribution in [1.29, 1.82) is 0 Å². The van der Waals surface area contributed by atoms with E-state index in [2.05, 4.69) is 17.1 Å². The molecule has 0 bridgehead atoms. The van der Waals surface area contributed by atoms with Crippen LogP contribution in [0.3, 0.4) is 0 Å². The Bertz CT molecular complexity index is 809. The highest BCUT2D eigenvalue weighted by Gasteiger charge is 2.28. The summed E-state index contributed by atoms with van der Waals surface area (Å²) in [4.78, 5) is 15.1. The fraction of sp³-hybridized carbons (Fsp3) is 0.650. The molecule has 2 aliphatic rings. The number of likely N-dealkylation sites (tertiary alicyclic amines) is 1. The topological polar surface area (TPSA) is 69.7 Å². The molecule has 28 heavy (non-hydrogen) atoms. The highest BCUT2D eigenvalue weighted by Crippen LogP contribution is 2.29. The Balaban J connectivity index is 1.75. The first kappa shape index (κ1) is 21.6. The lowest BCUT2D eigenvalue weighted by atomic mass is 9.99. The summed E-state index contributed by atoms with van der Waals surface area (Å²) in [5, 5.41) is 3.18. The van der Waals surface area contributed by atoms with E-state index >= 15 is 0 Å². The van der Waals surface area contributed by atoms with Gasteiger partial charge >= 0.3 is 0 Å². The maximum atomic E-state index is 12.9. The molecular formula is C20H30ClN3O3S. The van der Waals surface area contributed by atoms with E-state index in [-0.39, 0.29) is 16.8 Å². The number of carbonyl (C=O) groups excluding carboxylic acids is 1. The molecule has 0 unspecified atom stereocenters. The SMILES string of the molecule is C[C@@H]1CCCN([C@@H](C)C(=O)Nc2cc(S(=O)(=O)N3CCCCC3)ccc2Cl)C1. The minimum absolute atomic E-state index is 0.163. The third-order valence-corrected chi connectivity index (χ3v) is 7.99. The van der Waals surface area contributed by atoms with Crippen molar-refractivity contribution in [3.05, 3.63) is 23.2 Å². The summed E-state index contributed by atoms with van der Waals surface area (Å²) in [6.07, 6.45) is 5.08. The number of piperidine rings is 2. The van der Waals surface area contributed by atoms with E-state index in [0.717, 1.165) is 38.8 Å². The Morgan fingerprint density at radius 1 is 1.18 bits per heavy atom. The molecule has 0 aliphatic carbocycles. The van der Waals surface area contributed by atoms with Gasteiger partial charge in [-0.25, -0.2) is 8.42 Å². The van der Waals surface area contributed by atoms with Crippen LogP contribution < -0.4 is 5.32 Å². The second-order valence-corrected chi connectivity index (χ2v) is 10.4. The predicted molar refractivity (Wildman–Crippen MR) is 112 cm³/mol. The lowest BCUT2D eigenvalue weighted by molar-refractivity contribution is -0.121. The predicted octanol–water partition coefficient (Wildman–Crippen LogP) is 3.57. The van der Waals surface area contributed by atoms with Crippen LogP contribution in [0.2, 0.25) is 5.02 Å². The van der Waals surface area contributed by atoms with Gasteiger partial charge in [-0.3, -0.25) is 9.69 Å². The molecule has 1 amide bonds. The average Bonchev–Trinajstić information content (AvgIpc) is 2.69. The van der Waals surface area contributed by atoms with Crippen LogP contribution >= 0.6 is 11.6 Å². The van der Waals surface area contributed by atoms with E-state index < -0.39 is 10.0 Å². The van der Waals surface area contributed by atoms with Crippen molar-refractivity contribution in [1.82, 2.24) is 9.21 Å². The number of rotatable bonds is 5. The molecule has 156 valence electrons. The Morgan fingerprint density at radius 3 is 2.57 bits per heavy atom. The van der Waals surface area contributed by atoms with E-state index in [1.807, 2.05) is 6.92 Å². The molecule has 2 saturated heterocycles. The molecule has 2 heterocycles. The largest absolute Gasteiger partial charge is 0.323 e. The smallest absolute Gasteiger partial charge is 0.243 e. The molecule has 2 fully saturated rings. The van der Waals surface area contributed by atoms with Crippen LogP contribution in [0.4, 0.5) is 5.69 Å². The number of halogens is 1. The zero-order valence-electron chi connectivity index (χ0n) is 16.7. The molecule has 0 spiro atoms. The molecular weight excluding hydrogens is 398 g/mol. The summed E-state index contributed by atoms with van der Waals surface area (Å²) in [5.41, 5.74) is 0.349. The van der Waals surface area contributed by atoms with Gasteiger partial charge in [0.1, 0.15) is 0 Å². The maximum Gasteiger partial charge on any atom is 0.243 e. The van der Waals surface area contributed by atoms with Crippen molar-refractivity contribution < 1.29 is 13.2 Å². The van der Waals surface area contributed by atoms with Crippen molar-refractivity contribution in [2.24, 2.45) is 5.92 Å². The summed E-state index contributed by atoms with van der Waals surface area (Å²) < 4.78 is 27.3. The third kappa shape index (κ3) is 4.87. The van der Waals surface area contributed by atoms with Gasteiger partial charge in [0.2, 0.25) is 15.9 Å². The first-order chi connectivity index (χ1) is 13.3. The zero-order chi connectivity index (χ0) is 20.3. The van der Waals surface area contributed by atoms with Crippen LogP contribution in [-0.4, -0.2) is 55.8 Å². The molecule has 1 aromatic rings. The van der Waals surface area contributed by atoms with Crippen molar-refractivity contribution in [3.8, 4) is 0 Å². The maximum absolute atomic E-state index is 12.9. The number of hydrogen-bond acceptors (Lipinski definition) is 4. The van der Waals surface area contributed by atoms with Gasteiger partial charge in [0, 0.05) is 19.6 Å². The van der Waals surface area contributed by atoms with Gasteiger partial charge < -0.3 is 5.32 Å². The fourth-order valence-corrected chi connectivity index (χ4v) is 5.70. The molecule has 6 nitrogen and oxygen atoms in total. The number of amides is 1. The van der Waals surface area contributed by atoms with Crippen LogP contribution in [0.25, 0.3) is 0 Å². The Hall–Kier alpha value is -1.15. The highest BCUT2D eigenvalue weighted by molar-refractivity contribution is 7.89. The normalized spacial score (nSPS) is 23.3. The van der Waals surface area contributed by atoms with Gasteiger partial charge in [-0.1, -0.05) is 24.9 Å². The number of sulfonamides is 1. The molecule has 8 heteroatoms. The number of nitrogens with zero attached hydrogens (tertiary/aromatic N) is 2. The van der Waals surface area contributed by atoms with E-state index in [0.29, 0.717) is 29.7 Å². The fourth-order valence-electron chi connectivity index (χ4n) is 4.00. The number of carbonyl (C=O) groups is 1. The standard InChI is InChI=1S/C20H30ClN3O3S/c1-15-7-6-10-23(14-15)16(2)20(25)22-19-13-17(8-9-18(19)21)28(26,27)24-11-4-3-5-12-24/h8-9,13,15-16H,3-7,10-12,14H2,1-2H3,(H,22,25)/t15-,16+/m1/s1. The van der Waals surface area contributed by atoms with E-state index in [1.165, 1.54) is 22.9 Å². The lowest BCUT2D eigenvalue weighted by Gasteiger charge is -2.34. The van der Waals surface area contributed by atoms with Gasteiger partial charge in [0.25, 0.3) is 0 Å². The number of anilines is 1. The highest BCUT2D eigenvalue weighted by atomic mass is 35.5. The van der Waals surface area contributed by atoms with E-state index in [4.69, 9.17) is 11.6 Å². The number of hydrogen-bond donors (Lipinski definition) is 1. The summed E-state index contributed by atoms with van der Waals surface area (Å²) in [7, 11) is -3.57. The van der Waals surface area contributed by atoms with Gasteiger partial charge in [0.15, 0.2) is 0 Å². The minimum Gasteiger partial charge on any atom is -0.323 e. The van der Waals surface area contributed by atoms with Gasteiger partial charge in [-0.15, -0.1) is 0 Å². The number of benzene rings is 1. The van der Waals surface area contributed by atoms with Crippen molar-refractivity contribution in [2.45, 2.75) is 56.9 Å². The molecule has 2 aliphatic heterocycles. The lowest BCUT2D eigenvalue weighted by Crippen LogP contribution is -2.46. The van der Waals surface area contributed by atoms with Crippen LogP contribution in [0, 0.1) is 5.92 Å². The first-order valence-electron chi connectivity index (χ1n) is 10.1. The van der Waals surface area contributed by atoms with Crippen LogP contribution in [0.5, 0.6) is 0 Å². The Morgan fingerprint density at radius 2 is 1.89 bits per heavy atom. The first-order valence-corrected chi connectivity index (χ1v) is 12.0. The van der Waals surface area contributed by atoms with Gasteiger partial charge in [-0.05, 0) is 63.3 Å². The Labute approximate surface area is 173 Å². The van der Waals surface area contributed by atoms with Crippen LogP contribution in [0.15, 0.2) is 23.1 Å². The second kappa shape index (κ2) is 9.11. The molecule has 2 atom stereocenters. The summed E-state index contributed by atoms with van der Waals surface area (Å²) in [6.45, 7) is 6.95. The monoisotopic (exact) mass is 427 g/mol. The number of nitrogens with one attached hydrogen (secondary N) is 1. The molecule has 0 aromatic heterocycles. The second-order valence-electron chi connectivity index (χ2n) is 8.01. The van der Waals surface area contributed by atoms with Crippen LogP contribution in [-0.2, 0) is 14.8 Å². The quantitative estimate of drug-likeness (QED) is 0.779. The van der Waals surface area contributed by atoms with Crippen LogP contribution in [0.1, 0.15) is 46.0 Å². The molecule has 1 aromatic carbocycles. The Kier molecular flexibility index (Phi) is 7.02. The third-order valence-electron chi connectivity index (χ3n) is 5.76. The molecule has 0 saturated carbocycles. The van der Waals surface area contributed by atoms with E-state index in [9.17, 15) is 13.2 Å². The zero-order valence-corrected chi connectivity index (χ0v) is 18.2. The molecule has 3 rings (SSSR count). The summed E-state index contributed by atoms with van der Waals surface area (Å²) >= 11 is 6.25.